The van der Waals surface area contributed by atoms with Gasteiger partial charge in [-0.2, -0.15) is 0 Å². The van der Waals surface area contributed by atoms with Gasteiger partial charge in [-0.05, 0) is 55.5 Å². The quantitative estimate of drug-likeness (QED) is 0.434. The Morgan fingerprint density at radius 2 is 1.76 bits per heavy atom. The fourth-order valence-electron chi connectivity index (χ4n) is 2.55. The number of aryl methyl sites for hydroxylation is 4. The summed E-state index contributed by atoms with van der Waals surface area (Å²) in [5.74, 6) is 0. The molecule has 21 heavy (non-hydrogen) atoms. The summed E-state index contributed by atoms with van der Waals surface area (Å²) in [7, 11) is 0. The van der Waals surface area contributed by atoms with E-state index in [2.05, 4.69) is 86.8 Å². The highest BCUT2D eigenvalue weighted by Crippen LogP contribution is 2.23. The van der Waals surface area contributed by atoms with Crippen molar-refractivity contribution in [1.82, 2.24) is 0 Å². The fourth-order valence-corrected chi connectivity index (χ4v) is 3.40. The molecule has 0 atom stereocenters. The number of hydrogen-bond acceptors (Lipinski definition) is 0. The topological polar surface area (TPSA) is 3.88 Å². The minimum Gasteiger partial charge on any atom is -0.203 e. The second-order valence-corrected chi connectivity index (χ2v) is 7.36. The second-order valence-electron chi connectivity index (χ2n) is 5.59. The van der Waals surface area contributed by atoms with Crippen molar-refractivity contribution >= 4 is 31.9 Å². The van der Waals surface area contributed by atoms with Gasteiger partial charge >= 0.3 is 0 Å². The van der Waals surface area contributed by atoms with Gasteiger partial charge < -0.3 is 0 Å². The standard InChI is InChI=1S/C18H22Br2N/c1-14-9-11-21(15(2)12-14)10-5-3-4-6-16-13-17(19)7-8-18(16)20/h7-9,11-13H,3-6,10H2,1-2H3/q+1. The summed E-state index contributed by atoms with van der Waals surface area (Å²) in [6, 6.07) is 10.8. The smallest absolute Gasteiger partial charge is 0.178 e. The van der Waals surface area contributed by atoms with E-state index in [-0.39, 0.29) is 0 Å². The minimum absolute atomic E-state index is 1.12. The van der Waals surface area contributed by atoms with Crippen LogP contribution in [0.15, 0.2) is 45.5 Å². The molecule has 0 fully saturated rings. The predicted molar refractivity (Wildman–Crippen MR) is 95.5 cm³/mol. The zero-order valence-corrected chi connectivity index (χ0v) is 15.9. The van der Waals surface area contributed by atoms with E-state index in [4.69, 9.17) is 0 Å². The first kappa shape index (κ1) is 16.7. The molecule has 0 saturated carbocycles. The van der Waals surface area contributed by atoms with Crippen LogP contribution >= 0.6 is 31.9 Å². The van der Waals surface area contributed by atoms with Crippen molar-refractivity contribution in [2.75, 3.05) is 0 Å². The van der Waals surface area contributed by atoms with Crippen molar-refractivity contribution in [2.24, 2.45) is 0 Å². The van der Waals surface area contributed by atoms with E-state index in [1.54, 1.807) is 0 Å². The van der Waals surface area contributed by atoms with E-state index < -0.39 is 0 Å². The molecule has 112 valence electrons. The highest BCUT2D eigenvalue weighted by molar-refractivity contribution is 9.11. The number of hydrogen-bond donors (Lipinski definition) is 0. The molecular formula is C18H22Br2N+. The first-order valence-electron chi connectivity index (χ1n) is 7.47. The molecule has 0 N–H and O–H groups in total. The van der Waals surface area contributed by atoms with E-state index in [0.29, 0.717) is 0 Å². The largest absolute Gasteiger partial charge is 0.203 e. The summed E-state index contributed by atoms with van der Waals surface area (Å²) < 4.78 is 4.73. The number of benzene rings is 1. The first-order chi connectivity index (χ1) is 10.1. The third-order valence-electron chi connectivity index (χ3n) is 3.76. The molecule has 0 aliphatic carbocycles. The molecule has 0 unspecified atom stereocenters. The Labute approximate surface area is 144 Å². The molecule has 0 bridgehead atoms. The van der Waals surface area contributed by atoms with Crippen LogP contribution in [0, 0.1) is 13.8 Å². The normalized spacial score (nSPS) is 10.9. The SMILES string of the molecule is Cc1cc[n+](CCCCCc2cc(Br)ccc2Br)c(C)c1. The molecular weight excluding hydrogens is 390 g/mol. The molecule has 0 aliphatic heterocycles. The summed E-state index contributed by atoms with van der Waals surface area (Å²) in [6.45, 7) is 5.45. The molecule has 1 aromatic heterocycles. The fraction of sp³-hybridized carbons (Fsp3) is 0.389. The van der Waals surface area contributed by atoms with Gasteiger partial charge in [-0.15, -0.1) is 0 Å². The third kappa shape index (κ3) is 5.23. The van der Waals surface area contributed by atoms with Crippen LogP contribution in [0.4, 0.5) is 0 Å². The van der Waals surface area contributed by atoms with Gasteiger partial charge in [0.05, 0.1) is 0 Å². The van der Waals surface area contributed by atoms with Gasteiger partial charge in [0.25, 0.3) is 0 Å². The molecule has 1 aromatic carbocycles. The average Bonchev–Trinajstić information content (AvgIpc) is 2.44. The predicted octanol–water partition coefficient (Wildman–Crippen LogP) is 5.53. The number of unbranched alkanes of at least 4 members (excludes halogenated alkanes) is 2. The van der Waals surface area contributed by atoms with E-state index >= 15 is 0 Å². The lowest BCUT2D eigenvalue weighted by molar-refractivity contribution is -0.703. The summed E-state index contributed by atoms with van der Waals surface area (Å²) >= 11 is 7.17. The van der Waals surface area contributed by atoms with Crippen molar-refractivity contribution in [3.8, 4) is 0 Å². The van der Waals surface area contributed by atoms with E-state index in [1.807, 2.05) is 0 Å². The van der Waals surface area contributed by atoms with Crippen molar-refractivity contribution in [2.45, 2.75) is 46.1 Å². The maximum atomic E-state index is 3.63. The van der Waals surface area contributed by atoms with Gasteiger partial charge in [0.1, 0.15) is 6.54 Å². The summed E-state index contributed by atoms with van der Waals surface area (Å²) in [5, 5.41) is 0. The zero-order valence-electron chi connectivity index (χ0n) is 12.7. The van der Waals surface area contributed by atoms with Crippen molar-refractivity contribution < 1.29 is 4.57 Å². The van der Waals surface area contributed by atoms with Gasteiger partial charge in [0.2, 0.25) is 0 Å². The molecule has 0 spiro atoms. The van der Waals surface area contributed by atoms with Gasteiger partial charge in [-0.1, -0.05) is 31.9 Å². The third-order valence-corrected chi connectivity index (χ3v) is 5.03. The monoisotopic (exact) mass is 410 g/mol. The van der Waals surface area contributed by atoms with Crippen LogP contribution in [0.5, 0.6) is 0 Å². The lowest BCUT2D eigenvalue weighted by Crippen LogP contribution is -2.36. The van der Waals surface area contributed by atoms with Crippen LogP contribution in [-0.2, 0) is 13.0 Å². The van der Waals surface area contributed by atoms with Crippen LogP contribution in [0.1, 0.15) is 36.1 Å². The number of pyridine rings is 1. The Bertz CT molecular complexity index is 608. The zero-order chi connectivity index (χ0) is 15.2. The van der Waals surface area contributed by atoms with E-state index in [0.717, 1.165) is 17.4 Å². The molecule has 2 rings (SSSR count). The highest BCUT2D eigenvalue weighted by atomic mass is 79.9. The van der Waals surface area contributed by atoms with Crippen LogP contribution in [0.25, 0.3) is 0 Å². The summed E-state index contributed by atoms with van der Waals surface area (Å²) in [4.78, 5) is 0. The maximum Gasteiger partial charge on any atom is 0.178 e. The Kier molecular flexibility index (Phi) is 6.43. The van der Waals surface area contributed by atoms with E-state index in [1.165, 1.54) is 40.6 Å². The second kappa shape index (κ2) is 8.09. The average molecular weight is 412 g/mol. The van der Waals surface area contributed by atoms with Crippen molar-refractivity contribution in [1.29, 1.82) is 0 Å². The van der Waals surface area contributed by atoms with Crippen LogP contribution in [0.2, 0.25) is 0 Å². The lowest BCUT2D eigenvalue weighted by atomic mass is 10.1. The van der Waals surface area contributed by atoms with Gasteiger partial charge in [-0.3, -0.25) is 0 Å². The number of halogens is 2. The number of aromatic nitrogens is 1. The summed E-state index contributed by atoms with van der Waals surface area (Å²) in [6.07, 6.45) is 7.08. The molecule has 0 amide bonds. The Morgan fingerprint density at radius 3 is 2.52 bits per heavy atom. The maximum absolute atomic E-state index is 3.63. The molecule has 1 heterocycles. The molecule has 0 saturated heterocycles. The van der Waals surface area contributed by atoms with Crippen LogP contribution in [-0.4, -0.2) is 0 Å². The van der Waals surface area contributed by atoms with Crippen LogP contribution < -0.4 is 4.57 Å². The molecule has 3 heteroatoms. The minimum atomic E-state index is 1.12. The van der Waals surface area contributed by atoms with Crippen molar-refractivity contribution in [3.63, 3.8) is 0 Å². The van der Waals surface area contributed by atoms with Gasteiger partial charge in [-0.25, -0.2) is 4.57 Å². The van der Waals surface area contributed by atoms with Crippen molar-refractivity contribution in [3.05, 3.63) is 62.3 Å². The Balaban J connectivity index is 1.76. The van der Waals surface area contributed by atoms with E-state index in [9.17, 15) is 0 Å². The van der Waals surface area contributed by atoms with Crippen LogP contribution in [0.3, 0.4) is 0 Å². The highest BCUT2D eigenvalue weighted by Gasteiger charge is 2.06. The molecule has 0 radical (unpaired) electrons. The molecule has 1 nitrogen and oxygen atoms in total. The molecule has 2 aromatic rings. The number of nitrogens with zero attached hydrogens (tertiary/aromatic N) is 1. The lowest BCUT2D eigenvalue weighted by Gasteiger charge is -2.05. The van der Waals surface area contributed by atoms with Gasteiger partial charge in [0.15, 0.2) is 11.9 Å². The summed E-state index contributed by atoms with van der Waals surface area (Å²) in [5.41, 5.74) is 4.08. The molecule has 0 aliphatic rings. The first-order valence-corrected chi connectivity index (χ1v) is 9.05. The Hall–Kier alpha value is -0.670. The number of rotatable bonds is 6. The van der Waals surface area contributed by atoms with Gasteiger partial charge in [0, 0.05) is 34.4 Å². The Morgan fingerprint density at radius 1 is 0.952 bits per heavy atom.